The number of sulfonamides is 1. The Morgan fingerprint density at radius 3 is 2.63 bits per heavy atom. The molecule has 3 N–H and O–H groups in total. The zero-order valence-corrected chi connectivity index (χ0v) is 11.7. The van der Waals surface area contributed by atoms with E-state index in [1.165, 1.54) is 11.6 Å². The third-order valence-corrected chi connectivity index (χ3v) is 5.20. The summed E-state index contributed by atoms with van der Waals surface area (Å²) in [6.07, 6.45) is 1.47. The van der Waals surface area contributed by atoms with Crippen LogP contribution in [0.5, 0.6) is 0 Å². The van der Waals surface area contributed by atoms with Crippen molar-refractivity contribution in [1.29, 1.82) is 0 Å². The molecular formula is C10H11N3O4S2. The monoisotopic (exact) mass is 301 g/mol. The number of aromatic nitrogens is 2. The molecule has 102 valence electrons. The first kappa shape index (κ1) is 13.6. The van der Waals surface area contributed by atoms with Gasteiger partial charge in [0.25, 0.3) is 10.0 Å². The SMILES string of the molecule is Cc1cn[nH]c1NS(=O)(=O)c1c(C)csc1C(=O)O. The summed E-state index contributed by atoms with van der Waals surface area (Å²) in [4.78, 5) is 10.6. The smallest absolute Gasteiger partial charge is 0.347 e. The molecule has 9 heteroatoms. The van der Waals surface area contributed by atoms with E-state index in [0.29, 0.717) is 11.1 Å². The van der Waals surface area contributed by atoms with Gasteiger partial charge in [-0.05, 0) is 24.8 Å². The molecule has 0 aliphatic rings. The minimum atomic E-state index is -3.96. The molecule has 0 aliphatic carbocycles. The lowest BCUT2D eigenvalue weighted by Crippen LogP contribution is -2.17. The van der Waals surface area contributed by atoms with Crippen LogP contribution in [-0.4, -0.2) is 29.7 Å². The highest BCUT2D eigenvalue weighted by Crippen LogP contribution is 2.28. The van der Waals surface area contributed by atoms with Gasteiger partial charge in [-0.1, -0.05) is 0 Å². The Balaban J connectivity index is 2.49. The number of rotatable bonds is 4. The van der Waals surface area contributed by atoms with Gasteiger partial charge in [0.15, 0.2) is 0 Å². The summed E-state index contributed by atoms with van der Waals surface area (Å²) in [6, 6.07) is 0. The summed E-state index contributed by atoms with van der Waals surface area (Å²) >= 11 is 0.883. The molecule has 2 heterocycles. The number of nitrogens with zero attached hydrogens (tertiary/aromatic N) is 1. The number of carboxylic acids is 1. The molecule has 2 aromatic heterocycles. The molecule has 7 nitrogen and oxygen atoms in total. The van der Waals surface area contributed by atoms with Crippen LogP contribution in [0.15, 0.2) is 16.5 Å². The van der Waals surface area contributed by atoms with E-state index in [4.69, 9.17) is 5.11 Å². The van der Waals surface area contributed by atoms with E-state index in [0.717, 1.165) is 11.3 Å². The first-order valence-corrected chi connectivity index (χ1v) is 7.53. The number of H-pyrrole nitrogens is 1. The molecule has 0 amide bonds. The fraction of sp³-hybridized carbons (Fsp3) is 0.200. The Hall–Kier alpha value is -1.87. The fourth-order valence-electron chi connectivity index (χ4n) is 1.55. The van der Waals surface area contributed by atoms with Crippen LogP contribution in [0, 0.1) is 13.8 Å². The van der Waals surface area contributed by atoms with Crippen LogP contribution in [-0.2, 0) is 10.0 Å². The van der Waals surface area contributed by atoms with E-state index in [1.54, 1.807) is 13.8 Å². The third kappa shape index (κ3) is 2.47. The van der Waals surface area contributed by atoms with Crippen molar-refractivity contribution < 1.29 is 18.3 Å². The van der Waals surface area contributed by atoms with Gasteiger partial charge in [-0.25, -0.2) is 13.2 Å². The predicted molar refractivity (Wildman–Crippen MR) is 70.1 cm³/mol. The highest BCUT2D eigenvalue weighted by atomic mass is 32.2. The molecule has 0 fully saturated rings. The topological polar surface area (TPSA) is 112 Å². The molecule has 2 aromatic rings. The average molecular weight is 301 g/mol. The van der Waals surface area contributed by atoms with Crippen LogP contribution in [0.3, 0.4) is 0 Å². The zero-order valence-electron chi connectivity index (χ0n) is 10.1. The second-order valence-corrected chi connectivity index (χ2v) is 6.41. The van der Waals surface area contributed by atoms with Gasteiger partial charge in [-0.15, -0.1) is 11.3 Å². The molecule has 0 aliphatic heterocycles. The normalized spacial score (nSPS) is 11.5. The summed E-state index contributed by atoms with van der Waals surface area (Å²) in [5.74, 6) is -1.04. The number of anilines is 1. The summed E-state index contributed by atoms with van der Waals surface area (Å²) in [5.41, 5.74) is 1.01. The predicted octanol–water partition coefficient (Wildman–Crippen LogP) is 1.59. The molecule has 0 atom stereocenters. The minimum Gasteiger partial charge on any atom is -0.477 e. The summed E-state index contributed by atoms with van der Waals surface area (Å²) in [7, 11) is -3.96. The number of aromatic carboxylic acids is 1. The van der Waals surface area contributed by atoms with Crippen molar-refractivity contribution >= 4 is 33.1 Å². The van der Waals surface area contributed by atoms with Crippen LogP contribution >= 0.6 is 11.3 Å². The molecule has 0 spiro atoms. The lowest BCUT2D eigenvalue weighted by molar-refractivity contribution is 0.0698. The van der Waals surface area contributed by atoms with Crippen LogP contribution in [0.4, 0.5) is 5.82 Å². The van der Waals surface area contributed by atoms with Gasteiger partial charge in [0.1, 0.15) is 15.6 Å². The van der Waals surface area contributed by atoms with E-state index in [1.807, 2.05) is 0 Å². The Labute approximate surface area is 113 Å². The van der Waals surface area contributed by atoms with E-state index in [2.05, 4.69) is 14.9 Å². The van der Waals surface area contributed by atoms with Gasteiger partial charge >= 0.3 is 5.97 Å². The molecule has 0 saturated carbocycles. The summed E-state index contributed by atoms with van der Waals surface area (Å²) < 4.78 is 26.8. The molecule has 0 saturated heterocycles. The highest BCUT2D eigenvalue weighted by molar-refractivity contribution is 7.93. The van der Waals surface area contributed by atoms with Crippen molar-refractivity contribution in [2.45, 2.75) is 18.7 Å². The molecule has 0 radical (unpaired) electrons. The second kappa shape index (κ2) is 4.67. The number of carboxylic acid groups (broad SMARTS) is 1. The van der Waals surface area contributed by atoms with Gasteiger partial charge in [0, 0.05) is 5.56 Å². The molecule has 0 aromatic carbocycles. The Morgan fingerprint density at radius 1 is 1.42 bits per heavy atom. The van der Waals surface area contributed by atoms with Crippen LogP contribution < -0.4 is 4.72 Å². The average Bonchev–Trinajstić information content (AvgIpc) is 2.86. The van der Waals surface area contributed by atoms with E-state index >= 15 is 0 Å². The van der Waals surface area contributed by atoms with Crippen molar-refractivity contribution in [3.63, 3.8) is 0 Å². The van der Waals surface area contributed by atoms with Gasteiger partial charge < -0.3 is 5.11 Å². The summed E-state index contributed by atoms with van der Waals surface area (Å²) in [5, 5.41) is 16.7. The first-order valence-electron chi connectivity index (χ1n) is 5.17. The zero-order chi connectivity index (χ0) is 14.2. The van der Waals surface area contributed by atoms with Crippen LogP contribution in [0.1, 0.15) is 20.8 Å². The molecular weight excluding hydrogens is 290 g/mol. The van der Waals surface area contributed by atoms with E-state index < -0.39 is 16.0 Å². The highest BCUT2D eigenvalue weighted by Gasteiger charge is 2.27. The first-order chi connectivity index (χ1) is 8.83. The maximum atomic E-state index is 12.2. The maximum absolute atomic E-state index is 12.2. The largest absolute Gasteiger partial charge is 0.477 e. The molecule has 19 heavy (non-hydrogen) atoms. The Kier molecular flexibility index (Phi) is 3.33. The lowest BCUT2D eigenvalue weighted by atomic mass is 10.3. The molecule has 0 unspecified atom stereocenters. The van der Waals surface area contributed by atoms with Crippen LogP contribution in [0.2, 0.25) is 0 Å². The van der Waals surface area contributed by atoms with Crippen molar-refractivity contribution in [3.05, 3.63) is 27.6 Å². The molecule has 0 bridgehead atoms. The number of hydrogen-bond acceptors (Lipinski definition) is 5. The van der Waals surface area contributed by atoms with Crippen molar-refractivity contribution in [2.24, 2.45) is 0 Å². The van der Waals surface area contributed by atoms with Crippen molar-refractivity contribution in [1.82, 2.24) is 10.2 Å². The number of aryl methyl sites for hydroxylation is 2. The fourth-order valence-corrected chi connectivity index (χ4v) is 4.27. The van der Waals surface area contributed by atoms with Gasteiger partial charge in [-0.2, -0.15) is 5.10 Å². The number of hydrogen-bond donors (Lipinski definition) is 3. The minimum absolute atomic E-state index is 0.206. The number of thiophene rings is 1. The maximum Gasteiger partial charge on any atom is 0.347 e. The van der Waals surface area contributed by atoms with E-state index in [-0.39, 0.29) is 15.6 Å². The molecule has 2 rings (SSSR count). The lowest BCUT2D eigenvalue weighted by Gasteiger charge is -2.07. The third-order valence-electron chi connectivity index (χ3n) is 2.45. The second-order valence-electron chi connectivity index (χ2n) is 3.92. The number of nitrogens with one attached hydrogen (secondary N) is 2. The quantitative estimate of drug-likeness (QED) is 0.793. The van der Waals surface area contributed by atoms with E-state index in [9.17, 15) is 13.2 Å². The Morgan fingerprint density at radius 2 is 2.11 bits per heavy atom. The van der Waals surface area contributed by atoms with Gasteiger partial charge in [-0.3, -0.25) is 9.82 Å². The van der Waals surface area contributed by atoms with Gasteiger partial charge in [0.05, 0.1) is 6.20 Å². The Bertz CT molecular complexity index is 730. The number of aromatic amines is 1. The standard InChI is InChI=1S/C10H11N3O4S2/c1-5-3-11-12-9(5)13-19(16,17)8-6(2)4-18-7(8)10(14)15/h3-4H,1-2H3,(H,14,15)(H2,11,12,13). The van der Waals surface area contributed by atoms with Crippen molar-refractivity contribution in [2.75, 3.05) is 4.72 Å². The summed E-state index contributed by atoms with van der Waals surface area (Å²) in [6.45, 7) is 3.23. The number of carbonyl (C=O) groups is 1. The van der Waals surface area contributed by atoms with Crippen LogP contribution in [0.25, 0.3) is 0 Å². The van der Waals surface area contributed by atoms with Crippen molar-refractivity contribution in [3.8, 4) is 0 Å². The van der Waals surface area contributed by atoms with Gasteiger partial charge in [0.2, 0.25) is 0 Å².